The first-order valence-electron chi connectivity index (χ1n) is 7.60. The van der Waals surface area contributed by atoms with Crippen LogP contribution in [0.15, 0.2) is 18.2 Å². The average Bonchev–Trinajstić information content (AvgIpc) is 2.95. The van der Waals surface area contributed by atoms with E-state index in [4.69, 9.17) is 10.5 Å². The van der Waals surface area contributed by atoms with Gasteiger partial charge in [0.1, 0.15) is 11.8 Å². The van der Waals surface area contributed by atoms with Crippen LogP contribution in [0.2, 0.25) is 0 Å². The zero-order chi connectivity index (χ0) is 16.1. The summed E-state index contributed by atoms with van der Waals surface area (Å²) in [6.07, 6.45) is 4.89. The van der Waals surface area contributed by atoms with Crippen molar-refractivity contribution >= 4 is 17.6 Å². The standard InChI is InChI=1S/C16H23N3O3/c1-10-13(18-11(2)15(20)19-16(17)21)8-5-9-14(10)22-12-6-3-4-7-12/h5,8-9,11-12,18H,3-4,6-7H2,1-2H3,(H3,17,19,20,21). The zero-order valence-corrected chi connectivity index (χ0v) is 13.0. The van der Waals surface area contributed by atoms with Crippen molar-refractivity contribution in [3.63, 3.8) is 0 Å². The predicted molar refractivity (Wildman–Crippen MR) is 84.9 cm³/mol. The fourth-order valence-electron chi connectivity index (χ4n) is 2.61. The summed E-state index contributed by atoms with van der Waals surface area (Å²) in [4.78, 5) is 22.5. The van der Waals surface area contributed by atoms with Crippen LogP contribution in [0, 0.1) is 6.92 Å². The van der Waals surface area contributed by atoms with Crippen LogP contribution in [0.3, 0.4) is 0 Å². The average molecular weight is 305 g/mol. The summed E-state index contributed by atoms with van der Waals surface area (Å²) in [6, 6.07) is 4.28. The summed E-state index contributed by atoms with van der Waals surface area (Å²) in [5, 5.41) is 5.14. The highest BCUT2D eigenvalue weighted by Crippen LogP contribution is 2.30. The smallest absolute Gasteiger partial charge is 0.318 e. The highest BCUT2D eigenvalue weighted by atomic mass is 16.5. The molecule has 0 radical (unpaired) electrons. The Balaban J connectivity index is 2.04. The minimum Gasteiger partial charge on any atom is -0.490 e. The number of urea groups is 1. The highest BCUT2D eigenvalue weighted by Gasteiger charge is 2.19. The molecule has 0 heterocycles. The van der Waals surface area contributed by atoms with Gasteiger partial charge in [-0.1, -0.05) is 6.07 Å². The Morgan fingerprint density at radius 2 is 2.00 bits per heavy atom. The van der Waals surface area contributed by atoms with Gasteiger partial charge < -0.3 is 15.8 Å². The second-order valence-electron chi connectivity index (χ2n) is 5.67. The number of hydrogen-bond acceptors (Lipinski definition) is 4. The summed E-state index contributed by atoms with van der Waals surface area (Å²) in [7, 11) is 0. The van der Waals surface area contributed by atoms with Crippen LogP contribution < -0.4 is 21.1 Å². The molecule has 3 amide bonds. The Labute approximate surface area is 130 Å². The van der Waals surface area contributed by atoms with Crippen LogP contribution in [0.1, 0.15) is 38.2 Å². The first-order valence-corrected chi connectivity index (χ1v) is 7.60. The lowest BCUT2D eigenvalue weighted by Gasteiger charge is -2.20. The number of nitrogens with two attached hydrogens (primary N) is 1. The molecule has 1 saturated carbocycles. The van der Waals surface area contributed by atoms with E-state index in [0.29, 0.717) is 0 Å². The minimum atomic E-state index is -0.853. The molecule has 120 valence electrons. The molecule has 2 rings (SSSR count). The normalized spacial score (nSPS) is 16.1. The van der Waals surface area contributed by atoms with Gasteiger partial charge >= 0.3 is 6.03 Å². The number of carbonyl (C=O) groups excluding carboxylic acids is 2. The third-order valence-corrected chi connectivity index (χ3v) is 3.89. The summed E-state index contributed by atoms with van der Waals surface area (Å²) < 4.78 is 6.04. The Hall–Kier alpha value is -2.24. The monoisotopic (exact) mass is 305 g/mol. The SMILES string of the molecule is Cc1c(NC(C)C(=O)NC(N)=O)cccc1OC1CCCC1. The van der Waals surface area contributed by atoms with Gasteiger partial charge in [-0.2, -0.15) is 0 Å². The van der Waals surface area contributed by atoms with Gasteiger partial charge in [0, 0.05) is 11.3 Å². The molecule has 1 atom stereocenters. The molecule has 6 heteroatoms. The van der Waals surface area contributed by atoms with E-state index in [-0.39, 0.29) is 6.10 Å². The molecule has 0 aromatic heterocycles. The maximum absolute atomic E-state index is 11.7. The summed E-state index contributed by atoms with van der Waals surface area (Å²) in [5.41, 5.74) is 6.71. The Morgan fingerprint density at radius 1 is 1.32 bits per heavy atom. The third kappa shape index (κ3) is 4.13. The quantitative estimate of drug-likeness (QED) is 0.778. The van der Waals surface area contributed by atoms with Crippen LogP contribution in [-0.4, -0.2) is 24.1 Å². The van der Waals surface area contributed by atoms with Crippen molar-refractivity contribution in [2.75, 3.05) is 5.32 Å². The van der Waals surface area contributed by atoms with E-state index < -0.39 is 18.0 Å². The van der Waals surface area contributed by atoms with Crippen LogP contribution in [0.5, 0.6) is 5.75 Å². The van der Waals surface area contributed by atoms with Crippen LogP contribution in [-0.2, 0) is 4.79 Å². The molecular weight excluding hydrogens is 282 g/mol. The topological polar surface area (TPSA) is 93.5 Å². The van der Waals surface area contributed by atoms with Crippen molar-refractivity contribution < 1.29 is 14.3 Å². The van der Waals surface area contributed by atoms with Gasteiger partial charge in [-0.25, -0.2) is 4.79 Å². The van der Waals surface area contributed by atoms with E-state index in [1.165, 1.54) is 12.8 Å². The molecule has 0 saturated heterocycles. The first-order chi connectivity index (χ1) is 10.5. The van der Waals surface area contributed by atoms with E-state index in [9.17, 15) is 9.59 Å². The fraction of sp³-hybridized carbons (Fsp3) is 0.500. The fourth-order valence-corrected chi connectivity index (χ4v) is 2.61. The molecule has 1 unspecified atom stereocenters. The summed E-state index contributed by atoms with van der Waals surface area (Å²) >= 11 is 0. The Kier molecular flexibility index (Phi) is 5.25. The van der Waals surface area contributed by atoms with E-state index in [1.807, 2.05) is 25.1 Å². The van der Waals surface area contributed by atoms with Gasteiger partial charge in [-0.15, -0.1) is 0 Å². The van der Waals surface area contributed by atoms with Gasteiger partial charge in [0.2, 0.25) is 5.91 Å². The lowest BCUT2D eigenvalue weighted by atomic mass is 10.1. The molecule has 6 nitrogen and oxygen atoms in total. The molecule has 22 heavy (non-hydrogen) atoms. The highest BCUT2D eigenvalue weighted by molar-refractivity contribution is 5.97. The van der Waals surface area contributed by atoms with Gasteiger partial charge in [0.25, 0.3) is 0 Å². The molecule has 1 aliphatic carbocycles. The molecule has 1 fully saturated rings. The number of hydrogen-bond donors (Lipinski definition) is 3. The lowest BCUT2D eigenvalue weighted by Crippen LogP contribution is -2.43. The largest absolute Gasteiger partial charge is 0.490 e. The van der Waals surface area contributed by atoms with Crippen molar-refractivity contribution in [3.8, 4) is 5.75 Å². The number of imide groups is 1. The van der Waals surface area contributed by atoms with Crippen molar-refractivity contribution in [1.29, 1.82) is 0 Å². The maximum Gasteiger partial charge on any atom is 0.318 e. The Morgan fingerprint density at radius 3 is 2.64 bits per heavy atom. The molecule has 0 spiro atoms. The third-order valence-electron chi connectivity index (χ3n) is 3.89. The first kappa shape index (κ1) is 16.1. The molecule has 1 aliphatic rings. The van der Waals surface area contributed by atoms with Gasteiger partial charge in [-0.3, -0.25) is 10.1 Å². The lowest BCUT2D eigenvalue weighted by molar-refractivity contribution is -0.120. The zero-order valence-electron chi connectivity index (χ0n) is 13.0. The summed E-state index contributed by atoms with van der Waals surface area (Å²) in [5.74, 6) is 0.369. The number of nitrogens with one attached hydrogen (secondary N) is 2. The molecule has 1 aromatic carbocycles. The molecule has 4 N–H and O–H groups in total. The number of anilines is 1. The van der Waals surface area contributed by atoms with Crippen molar-refractivity contribution in [2.45, 2.75) is 51.7 Å². The Bertz CT molecular complexity index is 554. The second kappa shape index (κ2) is 7.15. The van der Waals surface area contributed by atoms with Crippen LogP contribution in [0.25, 0.3) is 0 Å². The molecule has 0 bridgehead atoms. The van der Waals surface area contributed by atoms with Crippen LogP contribution >= 0.6 is 0 Å². The van der Waals surface area contributed by atoms with E-state index in [0.717, 1.165) is 29.8 Å². The number of carbonyl (C=O) groups is 2. The van der Waals surface area contributed by atoms with Gasteiger partial charge in [-0.05, 0) is 51.7 Å². The molecule has 0 aliphatic heterocycles. The number of rotatable bonds is 5. The van der Waals surface area contributed by atoms with Gasteiger partial charge in [0.05, 0.1) is 6.10 Å². The summed E-state index contributed by atoms with van der Waals surface area (Å²) in [6.45, 7) is 3.62. The van der Waals surface area contributed by atoms with Crippen LogP contribution in [0.4, 0.5) is 10.5 Å². The van der Waals surface area contributed by atoms with Crippen molar-refractivity contribution in [1.82, 2.24) is 5.32 Å². The minimum absolute atomic E-state index is 0.282. The van der Waals surface area contributed by atoms with E-state index in [2.05, 4.69) is 10.6 Å². The maximum atomic E-state index is 11.7. The number of ether oxygens (including phenoxy) is 1. The predicted octanol–water partition coefficient (Wildman–Crippen LogP) is 2.31. The molecule has 1 aromatic rings. The van der Waals surface area contributed by atoms with Gasteiger partial charge in [0.15, 0.2) is 0 Å². The van der Waals surface area contributed by atoms with E-state index in [1.54, 1.807) is 6.92 Å². The van der Waals surface area contributed by atoms with E-state index >= 15 is 0 Å². The van der Waals surface area contributed by atoms with Crippen molar-refractivity contribution in [3.05, 3.63) is 23.8 Å². The number of amides is 3. The second-order valence-corrected chi connectivity index (χ2v) is 5.67. The molecular formula is C16H23N3O3. The number of benzene rings is 1. The number of primary amides is 1. The van der Waals surface area contributed by atoms with Crippen molar-refractivity contribution in [2.24, 2.45) is 5.73 Å².